The lowest BCUT2D eigenvalue weighted by atomic mass is 10.1. The first-order valence-electron chi connectivity index (χ1n) is 11.0. The molecular weight excluding hydrogens is 506 g/mol. The van der Waals surface area contributed by atoms with Crippen molar-refractivity contribution in [2.24, 2.45) is 0 Å². The van der Waals surface area contributed by atoms with Gasteiger partial charge in [0, 0.05) is 38.0 Å². The van der Waals surface area contributed by atoms with E-state index in [-0.39, 0.29) is 33.4 Å². The Morgan fingerprint density at radius 1 is 1.11 bits per heavy atom. The van der Waals surface area contributed by atoms with Crippen LogP contribution in [0.2, 0.25) is 5.02 Å². The Bertz CT molecular complexity index is 1400. The van der Waals surface area contributed by atoms with E-state index >= 15 is 0 Å². The number of piperazine rings is 1. The third-order valence-corrected chi connectivity index (χ3v) is 7.04. The predicted octanol–water partition coefficient (Wildman–Crippen LogP) is 2.66. The molecule has 4 rings (SSSR count). The van der Waals surface area contributed by atoms with Crippen LogP contribution in [0.3, 0.4) is 0 Å². The van der Waals surface area contributed by atoms with Gasteiger partial charge in [-0.1, -0.05) is 23.7 Å². The van der Waals surface area contributed by atoms with E-state index in [1.165, 1.54) is 13.2 Å². The van der Waals surface area contributed by atoms with Gasteiger partial charge in [0.2, 0.25) is 5.95 Å². The second kappa shape index (κ2) is 10.6. The van der Waals surface area contributed by atoms with Crippen LogP contribution in [0.25, 0.3) is 0 Å². The first kappa shape index (κ1) is 25.5. The standard InChI is InChI=1S/C23H26ClN7O4S/c1-35-17-13-14(22(32)31-11-9-26-10-12-31)7-8-15(17)28-23-29-20(25)19(24)21(30-23)27-16-5-3-4-6-18(16)36(2,33)34/h3-8,13,26H,9-12H2,1-2H3,(H4,25,27,28,29,30). The fourth-order valence-corrected chi connectivity index (χ4v) is 4.70. The van der Waals surface area contributed by atoms with E-state index in [4.69, 9.17) is 22.1 Å². The Hall–Kier alpha value is -3.61. The minimum Gasteiger partial charge on any atom is -0.495 e. The first-order chi connectivity index (χ1) is 17.2. The van der Waals surface area contributed by atoms with Crippen molar-refractivity contribution < 1.29 is 17.9 Å². The highest BCUT2D eigenvalue weighted by Gasteiger charge is 2.20. The summed E-state index contributed by atoms with van der Waals surface area (Å²) in [7, 11) is -2.02. The number of ether oxygens (including phenoxy) is 1. The predicted molar refractivity (Wildman–Crippen MR) is 139 cm³/mol. The fourth-order valence-electron chi connectivity index (χ4n) is 3.72. The molecule has 5 N–H and O–H groups in total. The van der Waals surface area contributed by atoms with Gasteiger partial charge in [0.15, 0.2) is 15.7 Å². The number of hydrogen-bond acceptors (Lipinski definition) is 10. The number of carbonyl (C=O) groups is 1. The van der Waals surface area contributed by atoms with Crippen LogP contribution in [-0.2, 0) is 9.84 Å². The van der Waals surface area contributed by atoms with Gasteiger partial charge in [0.05, 0.1) is 23.4 Å². The van der Waals surface area contributed by atoms with Gasteiger partial charge in [0.25, 0.3) is 5.91 Å². The topological polar surface area (TPSA) is 152 Å². The number of anilines is 5. The van der Waals surface area contributed by atoms with Crippen LogP contribution < -0.4 is 26.4 Å². The number of nitrogen functional groups attached to an aromatic ring is 1. The number of rotatable bonds is 7. The third kappa shape index (κ3) is 5.61. The van der Waals surface area contributed by atoms with Crippen LogP contribution in [-0.4, -0.2) is 68.7 Å². The Labute approximate surface area is 213 Å². The number of hydrogen-bond donors (Lipinski definition) is 4. The fraction of sp³-hybridized carbons (Fsp3) is 0.261. The zero-order valence-corrected chi connectivity index (χ0v) is 21.3. The minimum atomic E-state index is -3.51. The number of sulfone groups is 1. The number of methoxy groups -OCH3 is 1. The normalized spacial score (nSPS) is 13.8. The molecule has 11 nitrogen and oxygen atoms in total. The van der Waals surface area contributed by atoms with E-state index in [0.717, 1.165) is 19.3 Å². The van der Waals surface area contributed by atoms with Gasteiger partial charge in [-0.25, -0.2) is 8.42 Å². The average molecular weight is 532 g/mol. The van der Waals surface area contributed by atoms with Crippen LogP contribution in [0.5, 0.6) is 5.75 Å². The summed E-state index contributed by atoms with van der Waals surface area (Å²) in [6, 6.07) is 11.4. The molecule has 13 heteroatoms. The van der Waals surface area contributed by atoms with Crippen molar-refractivity contribution in [3.8, 4) is 5.75 Å². The highest BCUT2D eigenvalue weighted by atomic mass is 35.5. The zero-order chi connectivity index (χ0) is 25.9. The van der Waals surface area contributed by atoms with Crippen molar-refractivity contribution in [2.45, 2.75) is 4.90 Å². The van der Waals surface area contributed by atoms with E-state index in [9.17, 15) is 13.2 Å². The van der Waals surface area contributed by atoms with E-state index in [1.54, 1.807) is 41.3 Å². The summed E-state index contributed by atoms with van der Waals surface area (Å²) in [6.45, 7) is 2.78. The number of amides is 1. The van der Waals surface area contributed by atoms with Crippen molar-refractivity contribution in [3.05, 3.63) is 53.1 Å². The maximum atomic E-state index is 12.9. The number of aromatic nitrogens is 2. The number of nitrogens with two attached hydrogens (primary N) is 1. The van der Waals surface area contributed by atoms with E-state index in [1.807, 2.05) is 0 Å². The second-order valence-electron chi connectivity index (χ2n) is 8.07. The molecule has 1 aromatic heterocycles. The van der Waals surface area contributed by atoms with E-state index in [0.29, 0.717) is 35.8 Å². The van der Waals surface area contributed by atoms with Crippen LogP contribution in [0, 0.1) is 0 Å². The number of para-hydroxylation sites is 1. The maximum absolute atomic E-state index is 12.9. The molecule has 0 spiro atoms. The van der Waals surface area contributed by atoms with Crippen LogP contribution in [0.15, 0.2) is 47.4 Å². The summed E-state index contributed by atoms with van der Waals surface area (Å²) in [4.78, 5) is 23.3. The van der Waals surface area contributed by atoms with Gasteiger partial charge in [-0.05, 0) is 30.3 Å². The number of halogens is 1. The van der Waals surface area contributed by atoms with Gasteiger partial charge >= 0.3 is 0 Å². The Morgan fingerprint density at radius 3 is 2.53 bits per heavy atom. The zero-order valence-electron chi connectivity index (χ0n) is 19.7. The molecule has 0 saturated carbocycles. The highest BCUT2D eigenvalue weighted by Crippen LogP contribution is 2.34. The maximum Gasteiger partial charge on any atom is 0.254 e. The molecule has 1 fully saturated rings. The van der Waals surface area contributed by atoms with Crippen LogP contribution >= 0.6 is 11.6 Å². The molecule has 1 aliphatic heterocycles. The minimum absolute atomic E-state index is 0.0158. The molecule has 1 aliphatic rings. The highest BCUT2D eigenvalue weighted by molar-refractivity contribution is 7.90. The summed E-state index contributed by atoms with van der Waals surface area (Å²) in [5, 5.41) is 9.22. The molecule has 1 saturated heterocycles. The summed E-state index contributed by atoms with van der Waals surface area (Å²) in [6.07, 6.45) is 1.11. The second-order valence-corrected chi connectivity index (χ2v) is 10.4. The van der Waals surface area contributed by atoms with Gasteiger partial charge < -0.3 is 31.3 Å². The molecule has 1 amide bonds. The van der Waals surface area contributed by atoms with Crippen molar-refractivity contribution in [1.82, 2.24) is 20.2 Å². The van der Waals surface area contributed by atoms with Crippen LogP contribution in [0.4, 0.5) is 29.0 Å². The smallest absolute Gasteiger partial charge is 0.254 e. The lowest BCUT2D eigenvalue weighted by molar-refractivity contribution is 0.0735. The average Bonchev–Trinajstić information content (AvgIpc) is 2.87. The number of benzene rings is 2. The van der Waals surface area contributed by atoms with Crippen molar-refractivity contribution in [1.29, 1.82) is 0 Å². The van der Waals surface area contributed by atoms with Gasteiger partial charge in [-0.2, -0.15) is 9.97 Å². The summed E-state index contributed by atoms with van der Waals surface area (Å²) in [5.74, 6) is 0.523. The molecule has 0 bridgehead atoms. The van der Waals surface area contributed by atoms with Crippen LogP contribution in [0.1, 0.15) is 10.4 Å². The van der Waals surface area contributed by atoms with Crippen molar-refractivity contribution in [3.63, 3.8) is 0 Å². The van der Waals surface area contributed by atoms with Crippen molar-refractivity contribution in [2.75, 3.05) is 55.9 Å². The molecule has 36 heavy (non-hydrogen) atoms. The third-order valence-electron chi connectivity index (χ3n) is 5.52. The van der Waals surface area contributed by atoms with E-state index < -0.39 is 9.84 Å². The Morgan fingerprint density at radius 2 is 1.83 bits per heavy atom. The molecule has 0 atom stereocenters. The molecule has 0 aliphatic carbocycles. The molecule has 0 unspecified atom stereocenters. The summed E-state index contributed by atoms with van der Waals surface area (Å²) in [5.41, 5.74) is 7.29. The summed E-state index contributed by atoms with van der Waals surface area (Å²) < 4.78 is 29.8. The summed E-state index contributed by atoms with van der Waals surface area (Å²) >= 11 is 6.31. The number of nitrogens with one attached hydrogen (secondary N) is 3. The Balaban J connectivity index is 1.62. The molecule has 2 aromatic carbocycles. The molecule has 2 heterocycles. The largest absolute Gasteiger partial charge is 0.495 e. The Kier molecular flexibility index (Phi) is 7.48. The lowest BCUT2D eigenvalue weighted by Gasteiger charge is -2.27. The molecule has 190 valence electrons. The van der Waals surface area contributed by atoms with Gasteiger partial charge in [0.1, 0.15) is 16.6 Å². The monoisotopic (exact) mass is 531 g/mol. The lowest BCUT2D eigenvalue weighted by Crippen LogP contribution is -2.46. The molecule has 3 aromatic rings. The number of nitrogens with zero attached hydrogens (tertiary/aromatic N) is 3. The molecule has 0 radical (unpaired) electrons. The van der Waals surface area contributed by atoms with Crippen molar-refractivity contribution >= 4 is 56.3 Å². The SMILES string of the molecule is COc1cc(C(=O)N2CCNCC2)ccc1Nc1nc(N)c(Cl)c(Nc2ccccc2S(C)(=O)=O)n1. The van der Waals surface area contributed by atoms with E-state index in [2.05, 4.69) is 25.9 Å². The first-order valence-corrected chi connectivity index (χ1v) is 13.3. The molecular formula is C23H26ClN7O4S. The quantitative estimate of drug-likeness (QED) is 0.358. The van der Waals surface area contributed by atoms with Gasteiger partial charge in [-0.3, -0.25) is 4.79 Å². The number of carbonyl (C=O) groups excluding carboxylic acids is 1. The van der Waals surface area contributed by atoms with Gasteiger partial charge in [-0.15, -0.1) is 0 Å².